The first kappa shape index (κ1) is 19.2. The molecule has 0 radical (unpaired) electrons. The number of rotatable bonds is 4. The van der Waals surface area contributed by atoms with Gasteiger partial charge in [0.15, 0.2) is 0 Å². The Kier molecular flexibility index (Phi) is 5.25. The van der Waals surface area contributed by atoms with Crippen LogP contribution in [-0.2, 0) is 6.54 Å². The van der Waals surface area contributed by atoms with Crippen LogP contribution in [0, 0.1) is 5.41 Å². The highest BCUT2D eigenvalue weighted by atomic mass is 16.5. The van der Waals surface area contributed by atoms with E-state index in [2.05, 4.69) is 31.9 Å². The van der Waals surface area contributed by atoms with Crippen LogP contribution >= 0.6 is 0 Å². The zero-order valence-electron chi connectivity index (χ0n) is 17.6. The second kappa shape index (κ2) is 8.19. The van der Waals surface area contributed by atoms with Crippen molar-refractivity contribution in [3.05, 3.63) is 54.4 Å². The number of aromatic nitrogens is 3. The molecule has 6 nitrogen and oxygen atoms in total. The Morgan fingerprint density at radius 2 is 1.83 bits per heavy atom. The molecule has 1 spiro atoms. The predicted molar refractivity (Wildman–Crippen MR) is 119 cm³/mol. The minimum atomic E-state index is 0.427. The molecule has 1 aromatic carbocycles. The van der Waals surface area contributed by atoms with Crippen LogP contribution in [0.25, 0.3) is 11.0 Å². The van der Waals surface area contributed by atoms with Crippen LogP contribution in [0.1, 0.15) is 31.2 Å². The number of anilines is 1. The summed E-state index contributed by atoms with van der Waals surface area (Å²) in [4.78, 5) is 18.7. The Morgan fingerprint density at radius 1 is 1.00 bits per heavy atom. The first-order valence-electron chi connectivity index (χ1n) is 10.9. The first-order valence-corrected chi connectivity index (χ1v) is 10.9. The lowest BCUT2D eigenvalue weighted by molar-refractivity contribution is 0.0604. The van der Waals surface area contributed by atoms with Gasteiger partial charge in [0.1, 0.15) is 5.82 Å². The van der Waals surface area contributed by atoms with E-state index in [0.29, 0.717) is 11.3 Å². The maximum Gasteiger partial charge on any atom is 0.213 e. The standard InChI is InChI=1S/C24H29N5O/c1-30-23-15-19(7-11-25-23)17-28-12-4-8-24(18-28)9-13-29(14-10-24)22-16-26-20-5-2-3-6-21(20)27-22/h2-3,5-7,11,15-16H,4,8-10,12-14,17-18H2,1H3. The number of ether oxygens (including phenoxy) is 1. The molecule has 0 saturated carbocycles. The van der Waals surface area contributed by atoms with Gasteiger partial charge in [0.25, 0.3) is 0 Å². The fourth-order valence-corrected chi connectivity index (χ4v) is 5.08. The van der Waals surface area contributed by atoms with Gasteiger partial charge in [-0.05, 0) is 61.4 Å². The minimum Gasteiger partial charge on any atom is -0.481 e. The zero-order valence-corrected chi connectivity index (χ0v) is 17.6. The summed E-state index contributed by atoms with van der Waals surface area (Å²) in [5.41, 5.74) is 3.65. The molecule has 0 bridgehead atoms. The van der Waals surface area contributed by atoms with E-state index in [4.69, 9.17) is 9.72 Å². The largest absolute Gasteiger partial charge is 0.481 e. The van der Waals surface area contributed by atoms with Crippen LogP contribution in [0.5, 0.6) is 5.88 Å². The summed E-state index contributed by atoms with van der Waals surface area (Å²) >= 11 is 0. The number of methoxy groups -OCH3 is 1. The Balaban J connectivity index is 1.24. The van der Waals surface area contributed by atoms with Gasteiger partial charge in [0.2, 0.25) is 5.88 Å². The number of hydrogen-bond acceptors (Lipinski definition) is 6. The summed E-state index contributed by atoms with van der Waals surface area (Å²) in [7, 11) is 1.68. The molecule has 3 aromatic rings. The summed E-state index contributed by atoms with van der Waals surface area (Å²) in [5.74, 6) is 1.71. The van der Waals surface area contributed by atoms with Gasteiger partial charge in [0, 0.05) is 38.4 Å². The summed E-state index contributed by atoms with van der Waals surface area (Å²) in [6, 6.07) is 12.3. The van der Waals surface area contributed by atoms with Gasteiger partial charge < -0.3 is 9.64 Å². The molecule has 0 aliphatic carbocycles. The third-order valence-corrected chi connectivity index (χ3v) is 6.74. The molecule has 156 valence electrons. The molecule has 2 aromatic heterocycles. The Hall–Kier alpha value is -2.73. The zero-order chi connectivity index (χ0) is 20.4. The highest BCUT2D eigenvalue weighted by molar-refractivity contribution is 5.75. The van der Waals surface area contributed by atoms with Crippen molar-refractivity contribution in [2.24, 2.45) is 5.41 Å². The van der Waals surface area contributed by atoms with Gasteiger partial charge in [-0.15, -0.1) is 0 Å². The molecule has 2 aliphatic rings. The Bertz CT molecular complexity index is 1020. The maximum atomic E-state index is 5.29. The van der Waals surface area contributed by atoms with E-state index in [-0.39, 0.29) is 0 Å². The van der Waals surface area contributed by atoms with E-state index in [1.54, 1.807) is 7.11 Å². The topological polar surface area (TPSA) is 54.4 Å². The second-order valence-corrected chi connectivity index (χ2v) is 8.72. The van der Waals surface area contributed by atoms with Crippen molar-refractivity contribution in [2.75, 3.05) is 38.2 Å². The van der Waals surface area contributed by atoms with E-state index >= 15 is 0 Å². The number of pyridine rings is 1. The lowest BCUT2D eigenvalue weighted by Crippen LogP contribution is -2.49. The summed E-state index contributed by atoms with van der Waals surface area (Å²) in [6.07, 6.45) is 8.83. The molecule has 0 N–H and O–H groups in total. The fourth-order valence-electron chi connectivity index (χ4n) is 5.08. The van der Waals surface area contributed by atoms with Gasteiger partial charge in [-0.25, -0.2) is 9.97 Å². The van der Waals surface area contributed by atoms with Gasteiger partial charge >= 0.3 is 0 Å². The normalized spacial score (nSPS) is 19.3. The van der Waals surface area contributed by atoms with E-state index in [1.165, 1.54) is 44.3 Å². The number of para-hydroxylation sites is 2. The quantitative estimate of drug-likeness (QED) is 0.658. The average Bonchev–Trinajstić information content (AvgIpc) is 2.79. The van der Waals surface area contributed by atoms with Crippen molar-refractivity contribution in [3.8, 4) is 5.88 Å². The monoisotopic (exact) mass is 403 g/mol. The average molecular weight is 404 g/mol. The van der Waals surface area contributed by atoms with E-state index < -0.39 is 0 Å². The number of nitrogens with zero attached hydrogens (tertiary/aromatic N) is 5. The Morgan fingerprint density at radius 3 is 2.67 bits per heavy atom. The predicted octanol–water partition coefficient (Wildman–Crippen LogP) is 3.92. The number of fused-ring (bicyclic) bond motifs is 1. The van der Waals surface area contributed by atoms with Crippen LogP contribution in [0.15, 0.2) is 48.8 Å². The highest BCUT2D eigenvalue weighted by Crippen LogP contribution is 2.41. The highest BCUT2D eigenvalue weighted by Gasteiger charge is 2.38. The molecule has 30 heavy (non-hydrogen) atoms. The van der Waals surface area contributed by atoms with Gasteiger partial charge in [-0.2, -0.15) is 0 Å². The van der Waals surface area contributed by atoms with Gasteiger partial charge in [-0.3, -0.25) is 9.88 Å². The third kappa shape index (κ3) is 3.97. The van der Waals surface area contributed by atoms with Crippen LogP contribution in [0.2, 0.25) is 0 Å². The summed E-state index contributed by atoms with van der Waals surface area (Å²) < 4.78 is 5.29. The summed E-state index contributed by atoms with van der Waals surface area (Å²) in [5, 5.41) is 0. The van der Waals surface area contributed by atoms with Crippen LogP contribution in [-0.4, -0.2) is 53.1 Å². The van der Waals surface area contributed by atoms with Crippen molar-refractivity contribution in [1.82, 2.24) is 19.9 Å². The van der Waals surface area contributed by atoms with Crippen LogP contribution in [0.3, 0.4) is 0 Å². The molecule has 2 fully saturated rings. The third-order valence-electron chi connectivity index (χ3n) is 6.74. The lowest BCUT2D eigenvalue weighted by atomic mass is 9.72. The van der Waals surface area contributed by atoms with E-state index in [1.807, 2.05) is 36.7 Å². The van der Waals surface area contributed by atoms with Gasteiger partial charge in [-0.1, -0.05) is 12.1 Å². The first-order chi connectivity index (χ1) is 14.7. The molecular weight excluding hydrogens is 374 g/mol. The molecule has 0 atom stereocenters. The van der Waals surface area contributed by atoms with E-state index in [0.717, 1.165) is 36.5 Å². The molecule has 2 aliphatic heterocycles. The SMILES string of the molecule is COc1cc(CN2CCCC3(CCN(c4cnc5ccccc5n4)CC3)C2)ccn1. The van der Waals surface area contributed by atoms with Crippen molar-refractivity contribution >= 4 is 16.9 Å². The lowest BCUT2D eigenvalue weighted by Gasteiger charge is -2.48. The second-order valence-electron chi connectivity index (χ2n) is 8.72. The molecular formula is C24H29N5O. The molecule has 0 unspecified atom stereocenters. The Labute approximate surface area is 177 Å². The summed E-state index contributed by atoms with van der Waals surface area (Å²) in [6.45, 7) is 5.44. The molecule has 2 saturated heterocycles. The maximum absolute atomic E-state index is 5.29. The number of hydrogen-bond donors (Lipinski definition) is 0. The fraction of sp³-hybridized carbons (Fsp3) is 0.458. The van der Waals surface area contributed by atoms with Crippen molar-refractivity contribution in [2.45, 2.75) is 32.2 Å². The van der Waals surface area contributed by atoms with Crippen molar-refractivity contribution < 1.29 is 4.74 Å². The van der Waals surface area contributed by atoms with Gasteiger partial charge in [0.05, 0.1) is 24.3 Å². The van der Waals surface area contributed by atoms with Crippen molar-refractivity contribution in [1.29, 1.82) is 0 Å². The van der Waals surface area contributed by atoms with E-state index in [9.17, 15) is 0 Å². The number of piperidine rings is 2. The molecule has 6 heteroatoms. The van der Waals surface area contributed by atoms with Crippen molar-refractivity contribution in [3.63, 3.8) is 0 Å². The molecule has 4 heterocycles. The number of likely N-dealkylation sites (tertiary alicyclic amines) is 1. The minimum absolute atomic E-state index is 0.427. The molecule has 5 rings (SSSR count). The van der Waals surface area contributed by atoms with Crippen LogP contribution < -0.4 is 9.64 Å². The number of benzene rings is 1. The van der Waals surface area contributed by atoms with Crippen LogP contribution in [0.4, 0.5) is 5.82 Å². The smallest absolute Gasteiger partial charge is 0.213 e. The molecule has 0 amide bonds.